The minimum atomic E-state index is -0.342. The summed E-state index contributed by atoms with van der Waals surface area (Å²) < 4.78 is 10.9. The molecule has 176 valence electrons. The second-order valence-corrected chi connectivity index (χ2v) is 8.67. The quantitative estimate of drug-likeness (QED) is 0.127. The molecule has 0 aliphatic carbocycles. The maximum Gasteiger partial charge on any atom is 0.311 e. The van der Waals surface area contributed by atoms with Gasteiger partial charge >= 0.3 is 11.9 Å². The van der Waals surface area contributed by atoms with Crippen LogP contribution >= 0.6 is 11.6 Å². The number of esters is 2. The second-order valence-electron chi connectivity index (χ2n) is 8.26. The molecule has 0 atom stereocenters. The Kier molecular flexibility index (Phi) is 16.0. The van der Waals surface area contributed by atoms with E-state index in [0.717, 1.165) is 38.5 Å². The fourth-order valence-corrected chi connectivity index (χ4v) is 3.66. The van der Waals surface area contributed by atoms with Gasteiger partial charge in [-0.15, -0.1) is 0 Å². The third kappa shape index (κ3) is 13.5. The van der Waals surface area contributed by atoms with E-state index in [4.69, 9.17) is 21.1 Å². The lowest BCUT2D eigenvalue weighted by Crippen LogP contribution is -2.12. The van der Waals surface area contributed by atoms with Gasteiger partial charge in [-0.1, -0.05) is 109 Å². The van der Waals surface area contributed by atoms with Crippen molar-refractivity contribution in [2.75, 3.05) is 0 Å². The van der Waals surface area contributed by atoms with Crippen LogP contribution < -0.4 is 9.47 Å². The number of carbonyl (C=O) groups is 2. The summed E-state index contributed by atoms with van der Waals surface area (Å²) in [4.78, 5) is 24.4. The van der Waals surface area contributed by atoms with Crippen LogP contribution in [0.4, 0.5) is 0 Å². The van der Waals surface area contributed by atoms with Crippen LogP contribution in [0.5, 0.6) is 11.5 Å². The first-order valence-electron chi connectivity index (χ1n) is 12.3. The van der Waals surface area contributed by atoms with Crippen molar-refractivity contribution in [3.8, 4) is 11.5 Å². The molecule has 0 aliphatic rings. The summed E-state index contributed by atoms with van der Waals surface area (Å²) in [6.07, 6.45) is 16.6. The highest BCUT2D eigenvalue weighted by Crippen LogP contribution is 2.35. The zero-order valence-electron chi connectivity index (χ0n) is 19.6. The van der Waals surface area contributed by atoms with E-state index >= 15 is 0 Å². The van der Waals surface area contributed by atoms with Crippen molar-refractivity contribution in [3.05, 3.63) is 23.2 Å². The van der Waals surface area contributed by atoms with Crippen LogP contribution in [-0.4, -0.2) is 11.9 Å². The molecular weight excluding hydrogens is 412 g/mol. The number of hydrogen-bond acceptors (Lipinski definition) is 4. The molecule has 31 heavy (non-hydrogen) atoms. The third-order valence-electron chi connectivity index (χ3n) is 5.34. The van der Waals surface area contributed by atoms with Crippen molar-refractivity contribution < 1.29 is 19.1 Å². The molecule has 0 aliphatic heterocycles. The summed E-state index contributed by atoms with van der Waals surface area (Å²) in [6, 6.07) is 4.93. The van der Waals surface area contributed by atoms with E-state index in [1.165, 1.54) is 51.4 Å². The van der Waals surface area contributed by atoms with Gasteiger partial charge in [0, 0.05) is 12.8 Å². The average molecular weight is 453 g/mol. The van der Waals surface area contributed by atoms with Crippen molar-refractivity contribution in [2.45, 2.75) is 117 Å². The molecule has 1 rings (SSSR count). The van der Waals surface area contributed by atoms with E-state index in [1.807, 2.05) is 0 Å². The van der Waals surface area contributed by atoms with Gasteiger partial charge in [0.05, 0.1) is 5.02 Å². The highest BCUT2D eigenvalue weighted by atomic mass is 35.5. The number of hydrogen-bond donors (Lipinski definition) is 0. The lowest BCUT2D eigenvalue weighted by atomic mass is 10.1. The molecule has 0 N–H and O–H groups in total. The Morgan fingerprint density at radius 3 is 1.65 bits per heavy atom. The second kappa shape index (κ2) is 18.1. The molecule has 1 aromatic carbocycles. The molecule has 1 aromatic rings. The number of rotatable bonds is 18. The van der Waals surface area contributed by atoms with Gasteiger partial charge in [-0.05, 0) is 25.0 Å². The van der Waals surface area contributed by atoms with Crippen molar-refractivity contribution in [2.24, 2.45) is 0 Å². The maximum absolute atomic E-state index is 12.2. The molecule has 0 fully saturated rings. The SMILES string of the molecule is CCCCCCCCCC(=O)Oc1cccc(Cl)c1OC(=O)CCCCCCCCC. The van der Waals surface area contributed by atoms with Gasteiger partial charge in [0.2, 0.25) is 0 Å². The van der Waals surface area contributed by atoms with E-state index in [9.17, 15) is 9.59 Å². The molecule has 0 heterocycles. The molecule has 0 unspecified atom stereocenters. The lowest BCUT2D eigenvalue weighted by molar-refractivity contribution is -0.137. The highest BCUT2D eigenvalue weighted by molar-refractivity contribution is 6.32. The Morgan fingerprint density at radius 2 is 1.13 bits per heavy atom. The van der Waals surface area contributed by atoms with E-state index in [-0.39, 0.29) is 28.5 Å². The average Bonchev–Trinajstić information content (AvgIpc) is 2.75. The highest BCUT2D eigenvalue weighted by Gasteiger charge is 2.17. The van der Waals surface area contributed by atoms with Crippen LogP contribution in [0.1, 0.15) is 117 Å². The number of ether oxygens (including phenoxy) is 2. The Balaban J connectivity index is 2.37. The van der Waals surface area contributed by atoms with Gasteiger partial charge in [0.1, 0.15) is 0 Å². The Labute approximate surface area is 194 Å². The summed E-state index contributed by atoms with van der Waals surface area (Å²) in [5, 5.41) is 0.272. The van der Waals surface area contributed by atoms with Crippen molar-refractivity contribution in [1.29, 1.82) is 0 Å². The van der Waals surface area contributed by atoms with Crippen molar-refractivity contribution >= 4 is 23.5 Å². The van der Waals surface area contributed by atoms with E-state index in [2.05, 4.69) is 13.8 Å². The normalized spacial score (nSPS) is 10.8. The molecule has 0 saturated carbocycles. The maximum atomic E-state index is 12.2. The van der Waals surface area contributed by atoms with Gasteiger partial charge in [-0.2, -0.15) is 0 Å². The van der Waals surface area contributed by atoms with Gasteiger partial charge in [-0.3, -0.25) is 9.59 Å². The summed E-state index contributed by atoms with van der Waals surface area (Å²) in [7, 11) is 0. The van der Waals surface area contributed by atoms with Crippen LogP contribution in [-0.2, 0) is 9.59 Å². The summed E-state index contributed by atoms with van der Waals surface area (Å²) in [6.45, 7) is 4.40. The molecule has 0 spiro atoms. The fraction of sp³-hybridized carbons (Fsp3) is 0.692. The summed E-state index contributed by atoms with van der Waals surface area (Å²) >= 11 is 6.21. The Morgan fingerprint density at radius 1 is 0.677 bits per heavy atom. The monoisotopic (exact) mass is 452 g/mol. The molecule has 5 heteroatoms. The zero-order chi connectivity index (χ0) is 22.7. The predicted molar refractivity (Wildman–Crippen MR) is 128 cm³/mol. The first-order valence-corrected chi connectivity index (χ1v) is 12.7. The van der Waals surface area contributed by atoms with Gasteiger partial charge in [-0.25, -0.2) is 0 Å². The zero-order valence-corrected chi connectivity index (χ0v) is 20.3. The molecule has 4 nitrogen and oxygen atoms in total. The van der Waals surface area contributed by atoms with Crippen LogP contribution in [0.3, 0.4) is 0 Å². The number of halogens is 1. The summed E-state index contributed by atoms with van der Waals surface area (Å²) in [5.74, 6) is -0.301. The van der Waals surface area contributed by atoms with Crippen molar-refractivity contribution in [1.82, 2.24) is 0 Å². The largest absolute Gasteiger partial charge is 0.422 e. The van der Waals surface area contributed by atoms with Gasteiger partial charge in [0.25, 0.3) is 0 Å². The van der Waals surface area contributed by atoms with Crippen LogP contribution in [0.15, 0.2) is 18.2 Å². The number of para-hydroxylation sites is 1. The first kappa shape index (κ1) is 27.5. The van der Waals surface area contributed by atoms with Gasteiger partial charge in [0.15, 0.2) is 11.5 Å². The number of carbonyl (C=O) groups excluding carboxylic acids is 2. The third-order valence-corrected chi connectivity index (χ3v) is 5.64. The molecule has 0 aromatic heterocycles. The van der Waals surface area contributed by atoms with Crippen LogP contribution in [0.25, 0.3) is 0 Å². The topological polar surface area (TPSA) is 52.6 Å². The standard InChI is InChI=1S/C26H41ClO4/c1-3-5-7-9-11-13-15-20-24(28)30-23-19-17-18-22(27)26(23)31-25(29)21-16-14-12-10-8-6-4-2/h17-19H,3-16,20-21H2,1-2H3. The van der Waals surface area contributed by atoms with Crippen molar-refractivity contribution in [3.63, 3.8) is 0 Å². The van der Waals surface area contributed by atoms with E-state index in [0.29, 0.717) is 12.8 Å². The van der Waals surface area contributed by atoms with E-state index < -0.39 is 0 Å². The molecule has 0 bridgehead atoms. The number of unbranched alkanes of at least 4 members (excludes halogenated alkanes) is 12. The molecule has 0 amide bonds. The minimum Gasteiger partial charge on any atom is -0.422 e. The minimum absolute atomic E-state index is 0.144. The summed E-state index contributed by atoms with van der Waals surface area (Å²) in [5.41, 5.74) is 0. The van der Waals surface area contributed by atoms with Crippen LogP contribution in [0, 0.1) is 0 Å². The lowest BCUT2D eigenvalue weighted by Gasteiger charge is -2.12. The Bertz CT molecular complexity index is 630. The van der Waals surface area contributed by atoms with E-state index in [1.54, 1.807) is 18.2 Å². The number of benzene rings is 1. The van der Waals surface area contributed by atoms with Crippen LogP contribution in [0.2, 0.25) is 5.02 Å². The Hall–Kier alpha value is -1.55. The van der Waals surface area contributed by atoms with Gasteiger partial charge < -0.3 is 9.47 Å². The molecule has 0 radical (unpaired) electrons. The smallest absolute Gasteiger partial charge is 0.311 e. The first-order chi connectivity index (χ1) is 15.1. The molecular formula is C26H41ClO4. The fourth-order valence-electron chi connectivity index (χ4n) is 3.46. The molecule has 0 saturated heterocycles. The predicted octanol–water partition coefficient (Wildman–Crippen LogP) is 8.43.